The Morgan fingerprint density at radius 1 is 1.11 bits per heavy atom. The van der Waals surface area contributed by atoms with E-state index in [1.807, 2.05) is 7.05 Å². The Hall–Kier alpha value is -0.850. The molecule has 1 unspecified atom stereocenters. The number of nitrogens with zero attached hydrogens (tertiary/aromatic N) is 4. The second-order valence-electron chi connectivity index (χ2n) is 8.74. The molecule has 3 aliphatic heterocycles. The van der Waals surface area contributed by atoms with Crippen LogP contribution < -0.4 is 5.32 Å². The van der Waals surface area contributed by atoms with Crippen molar-refractivity contribution in [1.82, 2.24) is 20.0 Å². The van der Waals surface area contributed by atoms with Gasteiger partial charge in [0, 0.05) is 44.7 Å². The van der Waals surface area contributed by atoms with Crippen LogP contribution in [0.1, 0.15) is 45.4 Å². The van der Waals surface area contributed by atoms with Gasteiger partial charge >= 0.3 is 0 Å². The van der Waals surface area contributed by atoms with Crippen LogP contribution in [0.5, 0.6) is 0 Å². The van der Waals surface area contributed by atoms with E-state index in [1.54, 1.807) is 0 Å². The van der Waals surface area contributed by atoms with Crippen molar-refractivity contribution in [2.45, 2.75) is 51.0 Å². The Labute approximate surface area is 166 Å². The maximum Gasteiger partial charge on any atom is 0.193 e. The van der Waals surface area contributed by atoms with Crippen molar-refractivity contribution in [2.24, 2.45) is 10.9 Å². The first-order chi connectivity index (χ1) is 13.2. The molecule has 0 amide bonds. The predicted octanol–water partition coefficient (Wildman–Crippen LogP) is 1.87. The van der Waals surface area contributed by atoms with Crippen molar-refractivity contribution < 1.29 is 4.74 Å². The summed E-state index contributed by atoms with van der Waals surface area (Å²) in [4.78, 5) is 12.3. The van der Waals surface area contributed by atoms with Gasteiger partial charge in [0.1, 0.15) is 0 Å². The lowest BCUT2D eigenvalue weighted by Crippen LogP contribution is -2.62. The summed E-state index contributed by atoms with van der Waals surface area (Å²) in [5.41, 5.74) is 0.299. The van der Waals surface area contributed by atoms with Crippen LogP contribution in [0.4, 0.5) is 0 Å². The highest BCUT2D eigenvalue weighted by atomic mass is 16.5. The van der Waals surface area contributed by atoms with E-state index >= 15 is 0 Å². The van der Waals surface area contributed by atoms with E-state index in [4.69, 9.17) is 4.74 Å². The van der Waals surface area contributed by atoms with Crippen LogP contribution in [-0.2, 0) is 4.74 Å². The zero-order valence-corrected chi connectivity index (χ0v) is 17.9. The monoisotopic (exact) mass is 379 g/mol. The molecule has 3 fully saturated rings. The summed E-state index contributed by atoms with van der Waals surface area (Å²) in [7, 11) is 4.19. The number of piperidine rings is 2. The molecule has 6 nitrogen and oxygen atoms in total. The SMILES string of the molecule is CCOCC1CCN(C(=NC)NCC2(N3CCCCC3)CCN(C)CC2)C1. The Kier molecular flexibility index (Phi) is 7.79. The zero-order chi connectivity index (χ0) is 19.1. The average molecular weight is 380 g/mol. The molecule has 0 aromatic rings. The molecule has 0 saturated carbocycles. The number of nitrogens with one attached hydrogen (secondary N) is 1. The molecule has 1 N–H and O–H groups in total. The second-order valence-corrected chi connectivity index (χ2v) is 8.74. The Morgan fingerprint density at radius 2 is 1.85 bits per heavy atom. The summed E-state index contributed by atoms with van der Waals surface area (Å²) in [6.45, 7) is 11.9. The molecule has 0 aromatic heterocycles. The van der Waals surface area contributed by atoms with Crippen molar-refractivity contribution in [3.63, 3.8) is 0 Å². The molecule has 0 aliphatic carbocycles. The van der Waals surface area contributed by atoms with Crippen molar-refractivity contribution in [2.75, 3.05) is 73.1 Å². The Morgan fingerprint density at radius 3 is 2.52 bits per heavy atom. The first-order valence-corrected chi connectivity index (χ1v) is 11.1. The van der Waals surface area contributed by atoms with E-state index in [1.165, 1.54) is 64.7 Å². The molecule has 156 valence electrons. The van der Waals surface area contributed by atoms with Crippen LogP contribution in [-0.4, -0.2) is 99.3 Å². The number of hydrogen-bond acceptors (Lipinski definition) is 4. The smallest absolute Gasteiger partial charge is 0.193 e. The molecular weight excluding hydrogens is 338 g/mol. The van der Waals surface area contributed by atoms with Gasteiger partial charge < -0.3 is 19.9 Å². The van der Waals surface area contributed by atoms with Crippen LogP contribution in [0.25, 0.3) is 0 Å². The highest BCUT2D eigenvalue weighted by Crippen LogP contribution is 2.31. The molecule has 1 atom stereocenters. The summed E-state index contributed by atoms with van der Waals surface area (Å²) in [5.74, 6) is 1.73. The third-order valence-electron chi connectivity index (χ3n) is 6.88. The van der Waals surface area contributed by atoms with Gasteiger partial charge in [0.05, 0.1) is 6.61 Å². The molecule has 3 heterocycles. The van der Waals surface area contributed by atoms with E-state index in [0.717, 1.165) is 38.8 Å². The van der Waals surface area contributed by atoms with Crippen LogP contribution in [0, 0.1) is 5.92 Å². The average Bonchev–Trinajstić information content (AvgIpc) is 3.18. The standard InChI is InChI=1S/C21H41N5O/c1-4-27-17-19-8-13-25(16-19)20(22-2)23-18-21(9-14-24(3)15-10-21)26-11-6-5-7-12-26/h19H,4-18H2,1-3H3,(H,22,23). The van der Waals surface area contributed by atoms with Gasteiger partial charge in [-0.05, 0) is 72.3 Å². The zero-order valence-electron chi connectivity index (χ0n) is 17.9. The lowest BCUT2D eigenvalue weighted by Gasteiger charge is -2.50. The molecule has 3 aliphatic rings. The second kappa shape index (κ2) is 10.1. The minimum atomic E-state index is 0.299. The fourth-order valence-electron chi connectivity index (χ4n) is 5.03. The Bertz CT molecular complexity index is 469. The molecule has 6 heteroatoms. The van der Waals surface area contributed by atoms with Crippen LogP contribution in [0.15, 0.2) is 4.99 Å². The van der Waals surface area contributed by atoms with E-state index in [0.29, 0.717) is 11.5 Å². The highest BCUT2D eigenvalue weighted by molar-refractivity contribution is 5.80. The van der Waals surface area contributed by atoms with E-state index in [2.05, 4.69) is 39.0 Å². The summed E-state index contributed by atoms with van der Waals surface area (Å²) >= 11 is 0. The quantitative estimate of drug-likeness (QED) is 0.564. The first-order valence-electron chi connectivity index (χ1n) is 11.1. The summed E-state index contributed by atoms with van der Waals surface area (Å²) in [6.07, 6.45) is 7.86. The van der Waals surface area contributed by atoms with Gasteiger partial charge in [-0.2, -0.15) is 0 Å². The van der Waals surface area contributed by atoms with Gasteiger partial charge in [0.25, 0.3) is 0 Å². The normalized spacial score (nSPS) is 27.9. The lowest BCUT2D eigenvalue weighted by atomic mass is 9.84. The first kappa shape index (κ1) is 20.9. The summed E-state index contributed by atoms with van der Waals surface area (Å²) < 4.78 is 5.64. The molecule has 3 saturated heterocycles. The van der Waals surface area contributed by atoms with Crippen LogP contribution in [0.3, 0.4) is 0 Å². The van der Waals surface area contributed by atoms with Gasteiger partial charge in [-0.1, -0.05) is 6.42 Å². The Balaban J connectivity index is 1.58. The number of rotatable bonds is 6. The van der Waals surface area contributed by atoms with Gasteiger partial charge in [-0.15, -0.1) is 0 Å². The van der Waals surface area contributed by atoms with E-state index in [-0.39, 0.29) is 0 Å². The van der Waals surface area contributed by atoms with Crippen LogP contribution in [0.2, 0.25) is 0 Å². The topological polar surface area (TPSA) is 43.3 Å². The molecular formula is C21H41N5O. The number of guanidine groups is 1. The molecule has 0 bridgehead atoms. The fraction of sp³-hybridized carbons (Fsp3) is 0.952. The fourth-order valence-corrected chi connectivity index (χ4v) is 5.03. The maximum absolute atomic E-state index is 5.64. The van der Waals surface area contributed by atoms with Gasteiger partial charge in [0.2, 0.25) is 0 Å². The number of aliphatic imine (C=N–C) groups is 1. The summed E-state index contributed by atoms with van der Waals surface area (Å²) in [6, 6.07) is 0. The summed E-state index contributed by atoms with van der Waals surface area (Å²) in [5, 5.41) is 3.79. The largest absolute Gasteiger partial charge is 0.381 e. The minimum Gasteiger partial charge on any atom is -0.381 e. The molecule has 27 heavy (non-hydrogen) atoms. The van der Waals surface area contributed by atoms with Gasteiger partial charge in [-0.3, -0.25) is 9.89 Å². The minimum absolute atomic E-state index is 0.299. The molecule has 0 radical (unpaired) electrons. The van der Waals surface area contributed by atoms with E-state index < -0.39 is 0 Å². The highest BCUT2D eigenvalue weighted by Gasteiger charge is 2.40. The van der Waals surface area contributed by atoms with Crippen molar-refractivity contribution >= 4 is 5.96 Å². The van der Waals surface area contributed by atoms with Gasteiger partial charge in [0.15, 0.2) is 5.96 Å². The predicted molar refractivity (Wildman–Crippen MR) is 112 cm³/mol. The van der Waals surface area contributed by atoms with Crippen molar-refractivity contribution in [1.29, 1.82) is 0 Å². The molecule has 0 aromatic carbocycles. The van der Waals surface area contributed by atoms with Gasteiger partial charge in [-0.25, -0.2) is 0 Å². The third kappa shape index (κ3) is 5.36. The van der Waals surface area contributed by atoms with Crippen LogP contribution >= 0.6 is 0 Å². The molecule has 3 rings (SSSR count). The number of likely N-dealkylation sites (tertiary alicyclic amines) is 3. The lowest BCUT2D eigenvalue weighted by molar-refractivity contribution is 0.0170. The van der Waals surface area contributed by atoms with Crippen molar-refractivity contribution in [3.8, 4) is 0 Å². The molecule has 0 spiro atoms. The third-order valence-corrected chi connectivity index (χ3v) is 6.88. The number of hydrogen-bond donors (Lipinski definition) is 1. The van der Waals surface area contributed by atoms with E-state index in [9.17, 15) is 0 Å². The van der Waals surface area contributed by atoms with Crippen molar-refractivity contribution in [3.05, 3.63) is 0 Å². The number of ether oxygens (including phenoxy) is 1. The maximum atomic E-state index is 5.64.